The number of ketones is 1. The number of ether oxygens (including phenoxy) is 1. The summed E-state index contributed by atoms with van der Waals surface area (Å²) in [5.41, 5.74) is -0.489. The van der Waals surface area contributed by atoms with E-state index in [2.05, 4.69) is 4.99 Å². The second kappa shape index (κ2) is 6.63. The lowest BCUT2D eigenvalue weighted by Crippen LogP contribution is -2.40. The van der Waals surface area contributed by atoms with E-state index in [1.807, 2.05) is 0 Å². The molecule has 0 amide bonds. The summed E-state index contributed by atoms with van der Waals surface area (Å²) in [6, 6.07) is 0.216. The molecule has 0 saturated heterocycles. The summed E-state index contributed by atoms with van der Waals surface area (Å²) in [6.45, 7) is 3.58. The van der Waals surface area contributed by atoms with E-state index in [0.717, 1.165) is 25.7 Å². The van der Waals surface area contributed by atoms with Crippen molar-refractivity contribution in [1.82, 2.24) is 0 Å². The number of methoxy groups -OCH3 is 1. The molecule has 0 aliphatic heterocycles. The molecule has 1 N–H and O–H groups in total. The van der Waals surface area contributed by atoms with Crippen molar-refractivity contribution in [2.24, 2.45) is 16.3 Å². The first-order valence-corrected chi connectivity index (χ1v) is 7.94. The molecular weight excluding hydrogens is 282 g/mol. The number of aliphatic hydroxyl groups is 1. The quantitative estimate of drug-likeness (QED) is 0.642. The summed E-state index contributed by atoms with van der Waals surface area (Å²) in [5, 5.41) is 10.4. The molecule has 5 heteroatoms. The molecule has 2 aliphatic rings. The zero-order valence-corrected chi connectivity index (χ0v) is 13.6. The van der Waals surface area contributed by atoms with Crippen LogP contribution in [0.3, 0.4) is 0 Å². The molecule has 122 valence electrons. The molecule has 1 atom stereocenters. The maximum Gasteiger partial charge on any atom is 0.316 e. The van der Waals surface area contributed by atoms with Gasteiger partial charge in [-0.25, -0.2) is 0 Å². The fourth-order valence-electron chi connectivity index (χ4n) is 3.38. The standard InChI is InChI=1S/C17H25NO4/c1-17(2)9-13(19)12(15(20)14(17)16(21)22-3)10-18-11-7-5-4-6-8-11/h10-11,14,20H,4-9H2,1-3H3. The normalized spacial score (nSPS) is 26.5. The molecule has 1 saturated carbocycles. The van der Waals surface area contributed by atoms with Gasteiger partial charge < -0.3 is 9.84 Å². The van der Waals surface area contributed by atoms with Crippen molar-refractivity contribution >= 4 is 18.0 Å². The zero-order valence-electron chi connectivity index (χ0n) is 13.6. The SMILES string of the molecule is COC(=O)C1C(O)=C(C=NC2CCCCC2)C(=O)CC1(C)C. The molecular formula is C17H25NO4. The van der Waals surface area contributed by atoms with Crippen molar-refractivity contribution in [3.8, 4) is 0 Å². The molecule has 0 heterocycles. The Labute approximate surface area is 131 Å². The van der Waals surface area contributed by atoms with Crippen LogP contribution in [-0.4, -0.2) is 36.2 Å². The van der Waals surface area contributed by atoms with Crippen LogP contribution in [0.4, 0.5) is 0 Å². The predicted molar refractivity (Wildman–Crippen MR) is 83.9 cm³/mol. The van der Waals surface area contributed by atoms with Crippen molar-refractivity contribution in [3.63, 3.8) is 0 Å². The number of aliphatic imine (C=N–C) groups is 1. The summed E-state index contributed by atoms with van der Waals surface area (Å²) in [5.74, 6) is -1.70. The molecule has 2 rings (SSSR count). The van der Waals surface area contributed by atoms with E-state index in [1.54, 1.807) is 13.8 Å². The van der Waals surface area contributed by atoms with Crippen molar-refractivity contribution in [2.75, 3.05) is 7.11 Å². The lowest BCUT2D eigenvalue weighted by molar-refractivity contribution is -0.150. The van der Waals surface area contributed by atoms with Crippen molar-refractivity contribution in [1.29, 1.82) is 0 Å². The van der Waals surface area contributed by atoms with Crippen LogP contribution in [0.15, 0.2) is 16.3 Å². The van der Waals surface area contributed by atoms with Gasteiger partial charge in [-0.05, 0) is 18.3 Å². The number of aliphatic hydroxyl groups excluding tert-OH is 1. The maximum atomic E-state index is 12.3. The first kappa shape index (κ1) is 16.7. The number of hydrogen-bond acceptors (Lipinski definition) is 5. The van der Waals surface area contributed by atoms with E-state index in [0.29, 0.717) is 0 Å². The minimum absolute atomic E-state index is 0.165. The van der Waals surface area contributed by atoms with Gasteiger partial charge in [0.05, 0.1) is 12.7 Å². The van der Waals surface area contributed by atoms with Gasteiger partial charge in [0.1, 0.15) is 11.7 Å². The highest BCUT2D eigenvalue weighted by Crippen LogP contribution is 2.41. The highest BCUT2D eigenvalue weighted by molar-refractivity contribution is 6.15. The summed E-state index contributed by atoms with van der Waals surface area (Å²) in [6.07, 6.45) is 7.24. The largest absolute Gasteiger partial charge is 0.511 e. The van der Waals surface area contributed by atoms with Crippen LogP contribution in [0, 0.1) is 11.3 Å². The highest BCUT2D eigenvalue weighted by Gasteiger charge is 2.46. The van der Waals surface area contributed by atoms with Crippen LogP contribution in [0.25, 0.3) is 0 Å². The van der Waals surface area contributed by atoms with Crippen molar-refractivity contribution in [2.45, 2.75) is 58.4 Å². The summed E-state index contributed by atoms with van der Waals surface area (Å²) in [7, 11) is 1.29. The molecule has 0 aromatic rings. The van der Waals surface area contributed by atoms with E-state index >= 15 is 0 Å². The van der Waals surface area contributed by atoms with Crippen LogP contribution in [0.5, 0.6) is 0 Å². The second-order valence-corrected chi connectivity index (χ2v) is 6.91. The Morgan fingerprint density at radius 1 is 1.32 bits per heavy atom. The van der Waals surface area contributed by atoms with E-state index in [4.69, 9.17) is 4.74 Å². The van der Waals surface area contributed by atoms with Crippen LogP contribution in [0.2, 0.25) is 0 Å². The average Bonchev–Trinajstić information content (AvgIpc) is 2.46. The maximum absolute atomic E-state index is 12.3. The van der Waals surface area contributed by atoms with Crippen molar-refractivity contribution in [3.05, 3.63) is 11.3 Å². The lowest BCUT2D eigenvalue weighted by Gasteiger charge is -2.35. The monoisotopic (exact) mass is 307 g/mol. The van der Waals surface area contributed by atoms with Gasteiger partial charge in [-0.2, -0.15) is 0 Å². The Kier molecular flexibility index (Phi) is 5.04. The third-order valence-corrected chi connectivity index (χ3v) is 4.67. The Morgan fingerprint density at radius 3 is 2.55 bits per heavy atom. The van der Waals surface area contributed by atoms with E-state index in [9.17, 15) is 14.7 Å². The van der Waals surface area contributed by atoms with Gasteiger partial charge in [0.15, 0.2) is 5.78 Å². The van der Waals surface area contributed by atoms with Gasteiger partial charge in [-0.3, -0.25) is 14.6 Å². The van der Waals surface area contributed by atoms with Gasteiger partial charge in [0, 0.05) is 18.7 Å². The highest BCUT2D eigenvalue weighted by atomic mass is 16.5. The van der Waals surface area contributed by atoms with Crippen LogP contribution in [-0.2, 0) is 14.3 Å². The molecule has 0 aromatic carbocycles. The van der Waals surface area contributed by atoms with Gasteiger partial charge in [-0.15, -0.1) is 0 Å². The molecule has 2 aliphatic carbocycles. The topological polar surface area (TPSA) is 76.0 Å². The van der Waals surface area contributed by atoms with Crippen molar-refractivity contribution < 1.29 is 19.4 Å². The lowest BCUT2D eigenvalue weighted by atomic mass is 9.68. The molecule has 0 bridgehead atoms. The van der Waals surface area contributed by atoms with E-state index < -0.39 is 17.3 Å². The first-order valence-electron chi connectivity index (χ1n) is 7.94. The molecule has 22 heavy (non-hydrogen) atoms. The minimum Gasteiger partial charge on any atom is -0.511 e. The number of allylic oxidation sites excluding steroid dienone is 1. The molecule has 0 aromatic heterocycles. The Balaban J connectivity index is 2.28. The fraction of sp³-hybridized carbons (Fsp3) is 0.706. The van der Waals surface area contributed by atoms with Gasteiger partial charge >= 0.3 is 5.97 Å². The summed E-state index contributed by atoms with van der Waals surface area (Å²) < 4.78 is 4.78. The summed E-state index contributed by atoms with van der Waals surface area (Å²) in [4.78, 5) is 28.7. The van der Waals surface area contributed by atoms with Crippen LogP contribution in [0.1, 0.15) is 52.4 Å². The molecule has 5 nitrogen and oxygen atoms in total. The Hall–Kier alpha value is -1.65. The number of carbonyl (C=O) groups excluding carboxylic acids is 2. The van der Waals surface area contributed by atoms with Crippen LogP contribution < -0.4 is 0 Å². The third kappa shape index (κ3) is 3.39. The number of carbonyl (C=O) groups is 2. The van der Waals surface area contributed by atoms with E-state index in [-0.39, 0.29) is 29.6 Å². The second-order valence-electron chi connectivity index (χ2n) is 6.91. The average molecular weight is 307 g/mol. The molecule has 0 spiro atoms. The smallest absolute Gasteiger partial charge is 0.316 e. The molecule has 1 fully saturated rings. The third-order valence-electron chi connectivity index (χ3n) is 4.67. The van der Waals surface area contributed by atoms with Gasteiger partial charge in [0.2, 0.25) is 0 Å². The Bertz CT molecular complexity index is 513. The Morgan fingerprint density at radius 2 is 1.95 bits per heavy atom. The van der Waals surface area contributed by atoms with Crippen LogP contribution >= 0.6 is 0 Å². The summed E-state index contributed by atoms with van der Waals surface area (Å²) >= 11 is 0. The first-order chi connectivity index (χ1) is 10.4. The number of nitrogens with zero attached hydrogens (tertiary/aromatic N) is 1. The molecule has 0 radical (unpaired) electrons. The van der Waals surface area contributed by atoms with Gasteiger partial charge in [-0.1, -0.05) is 33.1 Å². The van der Waals surface area contributed by atoms with E-state index in [1.165, 1.54) is 19.7 Å². The molecule has 1 unspecified atom stereocenters. The minimum atomic E-state index is -0.817. The number of rotatable bonds is 3. The fourth-order valence-corrected chi connectivity index (χ4v) is 3.38. The van der Waals surface area contributed by atoms with Gasteiger partial charge in [0.25, 0.3) is 0 Å². The number of hydrogen-bond donors (Lipinski definition) is 1. The number of esters is 1. The zero-order chi connectivity index (χ0) is 16.3. The predicted octanol–water partition coefficient (Wildman–Crippen LogP) is 2.99. The number of Topliss-reactive ketones (excluding diaryl/α,β-unsaturated/α-hetero) is 1.